The van der Waals surface area contributed by atoms with Crippen LogP contribution in [0.5, 0.6) is 5.75 Å². The average molecular weight is 414 g/mol. The van der Waals surface area contributed by atoms with Gasteiger partial charge in [0.15, 0.2) is 10.9 Å². The summed E-state index contributed by atoms with van der Waals surface area (Å²) in [7, 11) is 0. The standard InChI is InChI=1S/C21H23N3O2S2/c1-14(2)16-8-10-18(11-9-16)26-12-19(25)22-20-23-24-21(28-20)27-13-17-7-5-4-6-15(17)3/h4-11,14H,12-13H2,1-3H3,(H,22,23,25). The number of carbonyl (C=O) groups excluding carboxylic acids is 1. The fraction of sp³-hybridized carbons (Fsp3) is 0.286. The Bertz CT molecular complexity index is 923. The summed E-state index contributed by atoms with van der Waals surface area (Å²) in [4.78, 5) is 12.1. The third-order valence-electron chi connectivity index (χ3n) is 4.18. The van der Waals surface area contributed by atoms with E-state index in [-0.39, 0.29) is 12.5 Å². The number of benzene rings is 2. The van der Waals surface area contributed by atoms with Gasteiger partial charge in [-0.2, -0.15) is 0 Å². The Morgan fingerprint density at radius 2 is 1.89 bits per heavy atom. The number of nitrogens with one attached hydrogen (secondary N) is 1. The van der Waals surface area contributed by atoms with E-state index in [1.165, 1.54) is 28.0 Å². The van der Waals surface area contributed by atoms with Crippen molar-refractivity contribution in [3.63, 3.8) is 0 Å². The largest absolute Gasteiger partial charge is 0.484 e. The molecular formula is C21H23N3O2S2. The van der Waals surface area contributed by atoms with Crippen molar-refractivity contribution >= 4 is 34.1 Å². The lowest BCUT2D eigenvalue weighted by Gasteiger charge is -2.08. The van der Waals surface area contributed by atoms with Crippen LogP contribution in [0.1, 0.15) is 36.5 Å². The van der Waals surface area contributed by atoms with E-state index < -0.39 is 0 Å². The molecule has 0 saturated heterocycles. The summed E-state index contributed by atoms with van der Waals surface area (Å²) < 4.78 is 6.36. The molecule has 1 N–H and O–H groups in total. The van der Waals surface area contributed by atoms with Gasteiger partial charge in [-0.25, -0.2) is 0 Å². The normalized spacial score (nSPS) is 10.9. The lowest BCUT2D eigenvalue weighted by atomic mass is 10.0. The van der Waals surface area contributed by atoms with Crippen LogP contribution in [0.4, 0.5) is 5.13 Å². The van der Waals surface area contributed by atoms with Crippen LogP contribution in [0.15, 0.2) is 52.9 Å². The Balaban J connectivity index is 1.46. The molecule has 0 saturated carbocycles. The first-order chi connectivity index (χ1) is 13.5. The van der Waals surface area contributed by atoms with E-state index >= 15 is 0 Å². The Morgan fingerprint density at radius 3 is 2.61 bits per heavy atom. The number of ether oxygens (including phenoxy) is 1. The Labute approximate surface area is 173 Å². The van der Waals surface area contributed by atoms with Crippen molar-refractivity contribution in [1.82, 2.24) is 10.2 Å². The topological polar surface area (TPSA) is 64.1 Å². The molecule has 7 heteroatoms. The number of hydrogen-bond donors (Lipinski definition) is 1. The molecule has 0 fully saturated rings. The molecule has 0 aliphatic heterocycles. The second-order valence-electron chi connectivity index (χ2n) is 6.65. The number of hydrogen-bond acceptors (Lipinski definition) is 6. The predicted molar refractivity (Wildman–Crippen MR) is 115 cm³/mol. The van der Waals surface area contributed by atoms with Gasteiger partial charge in [0.05, 0.1) is 0 Å². The Kier molecular flexibility index (Phi) is 7.06. The molecule has 0 aliphatic rings. The summed E-state index contributed by atoms with van der Waals surface area (Å²) >= 11 is 2.98. The zero-order chi connectivity index (χ0) is 19.9. The fourth-order valence-electron chi connectivity index (χ4n) is 2.48. The second-order valence-corrected chi connectivity index (χ2v) is 8.85. The van der Waals surface area contributed by atoms with Crippen molar-refractivity contribution in [2.75, 3.05) is 11.9 Å². The van der Waals surface area contributed by atoms with Gasteiger partial charge in [0.25, 0.3) is 5.91 Å². The third kappa shape index (κ3) is 5.81. The predicted octanol–water partition coefficient (Wildman–Crippen LogP) is 5.28. The van der Waals surface area contributed by atoms with E-state index in [9.17, 15) is 4.79 Å². The van der Waals surface area contributed by atoms with Gasteiger partial charge in [0.1, 0.15) is 5.75 Å². The second kappa shape index (κ2) is 9.71. The van der Waals surface area contributed by atoms with E-state index in [0.29, 0.717) is 16.8 Å². The number of anilines is 1. The monoisotopic (exact) mass is 413 g/mol. The third-order valence-corrected chi connectivity index (χ3v) is 6.20. The highest BCUT2D eigenvalue weighted by Crippen LogP contribution is 2.29. The summed E-state index contributed by atoms with van der Waals surface area (Å²) in [6, 6.07) is 16.1. The quantitative estimate of drug-likeness (QED) is 0.402. The molecule has 5 nitrogen and oxygen atoms in total. The van der Waals surface area contributed by atoms with Gasteiger partial charge < -0.3 is 4.74 Å². The van der Waals surface area contributed by atoms with Gasteiger partial charge in [-0.1, -0.05) is 73.3 Å². The molecule has 0 unspecified atom stereocenters. The minimum atomic E-state index is -0.250. The first-order valence-electron chi connectivity index (χ1n) is 9.04. The summed E-state index contributed by atoms with van der Waals surface area (Å²) in [5.41, 5.74) is 3.76. The van der Waals surface area contributed by atoms with Gasteiger partial charge in [0.2, 0.25) is 5.13 Å². The molecule has 146 valence electrons. The van der Waals surface area contributed by atoms with E-state index in [1.54, 1.807) is 11.8 Å². The molecule has 0 spiro atoms. The van der Waals surface area contributed by atoms with Gasteiger partial charge in [-0.15, -0.1) is 10.2 Å². The van der Waals surface area contributed by atoms with Crippen LogP contribution in [0, 0.1) is 6.92 Å². The fourth-order valence-corrected chi connectivity index (χ4v) is 4.33. The highest BCUT2D eigenvalue weighted by molar-refractivity contribution is 8.00. The van der Waals surface area contributed by atoms with Crippen molar-refractivity contribution in [2.24, 2.45) is 0 Å². The molecule has 3 aromatic rings. The lowest BCUT2D eigenvalue weighted by molar-refractivity contribution is -0.118. The van der Waals surface area contributed by atoms with Crippen LogP contribution in [0.25, 0.3) is 0 Å². The molecule has 0 aliphatic carbocycles. The number of carbonyl (C=O) groups is 1. The van der Waals surface area contributed by atoms with E-state index in [2.05, 4.69) is 48.4 Å². The zero-order valence-electron chi connectivity index (χ0n) is 16.1. The number of amides is 1. The minimum Gasteiger partial charge on any atom is -0.484 e. The van der Waals surface area contributed by atoms with Crippen molar-refractivity contribution in [3.05, 3.63) is 65.2 Å². The minimum absolute atomic E-state index is 0.0632. The van der Waals surface area contributed by atoms with Crippen molar-refractivity contribution in [3.8, 4) is 5.75 Å². The number of rotatable bonds is 8. The number of thioether (sulfide) groups is 1. The highest BCUT2D eigenvalue weighted by atomic mass is 32.2. The lowest BCUT2D eigenvalue weighted by Crippen LogP contribution is -2.20. The van der Waals surface area contributed by atoms with E-state index in [1.807, 2.05) is 36.4 Å². The van der Waals surface area contributed by atoms with Crippen LogP contribution in [-0.4, -0.2) is 22.7 Å². The molecule has 3 rings (SSSR count). The molecule has 28 heavy (non-hydrogen) atoms. The summed E-state index contributed by atoms with van der Waals surface area (Å²) in [5, 5.41) is 11.4. The van der Waals surface area contributed by atoms with Crippen LogP contribution >= 0.6 is 23.1 Å². The molecular weight excluding hydrogens is 390 g/mol. The highest BCUT2D eigenvalue weighted by Gasteiger charge is 2.10. The molecule has 1 aromatic heterocycles. The van der Waals surface area contributed by atoms with Crippen LogP contribution < -0.4 is 10.1 Å². The first-order valence-corrected chi connectivity index (χ1v) is 10.8. The number of nitrogens with zero attached hydrogens (tertiary/aromatic N) is 2. The molecule has 1 heterocycles. The first kappa shape index (κ1) is 20.4. The van der Waals surface area contributed by atoms with Gasteiger partial charge in [-0.05, 0) is 41.7 Å². The van der Waals surface area contributed by atoms with Gasteiger partial charge in [0, 0.05) is 5.75 Å². The maximum absolute atomic E-state index is 12.1. The van der Waals surface area contributed by atoms with E-state index in [0.717, 1.165) is 10.1 Å². The molecule has 0 bridgehead atoms. The Morgan fingerprint density at radius 1 is 1.14 bits per heavy atom. The summed E-state index contributed by atoms with van der Waals surface area (Å²) in [6.07, 6.45) is 0. The molecule has 1 amide bonds. The van der Waals surface area contributed by atoms with Crippen molar-refractivity contribution in [2.45, 2.75) is 36.8 Å². The smallest absolute Gasteiger partial charge is 0.264 e. The maximum Gasteiger partial charge on any atom is 0.264 e. The van der Waals surface area contributed by atoms with Crippen molar-refractivity contribution < 1.29 is 9.53 Å². The van der Waals surface area contributed by atoms with E-state index in [4.69, 9.17) is 4.74 Å². The van der Waals surface area contributed by atoms with Crippen LogP contribution in [0.2, 0.25) is 0 Å². The van der Waals surface area contributed by atoms with Crippen LogP contribution in [0.3, 0.4) is 0 Å². The van der Waals surface area contributed by atoms with Gasteiger partial charge in [-0.3, -0.25) is 10.1 Å². The zero-order valence-corrected chi connectivity index (χ0v) is 17.8. The SMILES string of the molecule is Cc1ccccc1CSc1nnc(NC(=O)COc2ccc(C(C)C)cc2)s1. The molecule has 2 aromatic carbocycles. The number of aryl methyl sites for hydroxylation is 1. The van der Waals surface area contributed by atoms with Crippen LogP contribution in [-0.2, 0) is 10.5 Å². The molecule has 0 radical (unpaired) electrons. The Hall–Kier alpha value is -2.38. The maximum atomic E-state index is 12.1. The average Bonchev–Trinajstić information content (AvgIpc) is 3.13. The summed E-state index contributed by atoms with van der Waals surface area (Å²) in [5.74, 6) is 1.71. The van der Waals surface area contributed by atoms with Crippen molar-refractivity contribution in [1.29, 1.82) is 0 Å². The van der Waals surface area contributed by atoms with Gasteiger partial charge >= 0.3 is 0 Å². The number of aromatic nitrogens is 2. The summed E-state index contributed by atoms with van der Waals surface area (Å²) in [6.45, 7) is 6.31. The molecule has 0 atom stereocenters.